The van der Waals surface area contributed by atoms with E-state index in [1.807, 2.05) is 65.0 Å². The number of rotatable bonds is 27. The SMILES string of the molecule is CCNC(=O)CCN1C(=O)CC(SCCOCCO[C@@H](C)C(=O)O[C@H]2CC(=O)N(C)c3cc(cc(C)c3Cl)C/C(C)=C/C=C/[C@@H](C)[C@@]3(O)CC(OC(=O)N3)[C@@H](C)[C@@H]3O[C@@]23C)C1=O.CCOCCOCCOCCOCCC(=O)NC. The second-order valence-electron chi connectivity index (χ2n) is 20.2. The second-order valence-corrected chi connectivity index (χ2v) is 21.9. The number of fused-ring (bicyclic) bond motifs is 5. The minimum Gasteiger partial charge on any atom is -0.457 e. The molecule has 0 aromatic heterocycles. The number of nitrogens with zero attached hydrogens (tertiary/aromatic N) is 2. The number of aryl methyl sites for hydroxylation is 1. The molecule has 4 bridgehead atoms. The molecule has 3 fully saturated rings. The van der Waals surface area contributed by atoms with Crippen LogP contribution in [0, 0.1) is 18.8 Å². The predicted molar refractivity (Wildman–Crippen MR) is 300 cm³/mol. The van der Waals surface area contributed by atoms with Gasteiger partial charge in [0.1, 0.15) is 23.5 Å². The zero-order valence-corrected chi connectivity index (χ0v) is 49.8. The summed E-state index contributed by atoms with van der Waals surface area (Å²) in [4.78, 5) is 90.9. The number of amides is 6. The van der Waals surface area contributed by atoms with Gasteiger partial charge in [-0.3, -0.25) is 34.2 Å². The summed E-state index contributed by atoms with van der Waals surface area (Å²) in [7, 11) is 3.23. The van der Waals surface area contributed by atoms with Gasteiger partial charge >= 0.3 is 12.1 Å². The van der Waals surface area contributed by atoms with Crippen LogP contribution in [-0.4, -0.2) is 198 Å². The van der Waals surface area contributed by atoms with E-state index in [1.165, 1.54) is 23.6 Å². The molecule has 0 spiro atoms. The van der Waals surface area contributed by atoms with Crippen molar-refractivity contribution in [3.63, 3.8) is 0 Å². The molecule has 22 nitrogen and oxygen atoms in total. The molecule has 24 heteroatoms. The lowest BCUT2D eigenvalue weighted by Gasteiger charge is -2.41. The molecule has 4 aliphatic heterocycles. The Hall–Kier alpha value is -4.69. The van der Waals surface area contributed by atoms with Crippen molar-refractivity contribution in [2.24, 2.45) is 11.8 Å². The number of imide groups is 1. The monoisotopic (exact) mass is 1170 g/mol. The maximum Gasteiger partial charge on any atom is 0.409 e. The zero-order chi connectivity index (χ0) is 59.0. The second kappa shape index (κ2) is 34.0. The maximum absolute atomic E-state index is 14.1. The van der Waals surface area contributed by atoms with E-state index in [4.69, 9.17) is 54.2 Å². The average Bonchev–Trinajstić information content (AvgIpc) is 4.24. The molecular formula is C56H86ClN5O17S. The maximum atomic E-state index is 14.1. The van der Waals surface area contributed by atoms with Crippen LogP contribution < -0.4 is 20.9 Å². The highest BCUT2D eigenvalue weighted by Gasteiger charge is 2.64. The first-order valence-electron chi connectivity index (χ1n) is 27.5. The average molecular weight is 1170 g/mol. The summed E-state index contributed by atoms with van der Waals surface area (Å²) < 4.78 is 50.3. The Balaban J connectivity index is 0.000000654. The van der Waals surface area contributed by atoms with E-state index in [1.54, 1.807) is 27.9 Å². The van der Waals surface area contributed by atoms with Gasteiger partial charge in [-0.1, -0.05) is 55.3 Å². The van der Waals surface area contributed by atoms with Crippen LogP contribution in [-0.2, 0) is 77.8 Å². The molecule has 0 saturated carbocycles. The van der Waals surface area contributed by atoms with Gasteiger partial charge in [-0.2, -0.15) is 0 Å². The van der Waals surface area contributed by atoms with Crippen LogP contribution in [0.2, 0.25) is 5.02 Å². The summed E-state index contributed by atoms with van der Waals surface area (Å²) in [5, 5.41) is 19.3. The van der Waals surface area contributed by atoms with E-state index in [-0.39, 0.29) is 81.6 Å². The number of likely N-dealkylation sites (tertiary alicyclic amines) is 1. The number of alkyl carbamates (subject to hydrolysis) is 1. The van der Waals surface area contributed by atoms with Crippen molar-refractivity contribution < 1.29 is 81.3 Å². The summed E-state index contributed by atoms with van der Waals surface area (Å²) >= 11 is 8.09. The van der Waals surface area contributed by atoms with E-state index in [9.17, 15) is 38.7 Å². The van der Waals surface area contributed by atoms with Crippen molar-refractivity contribution >= 4 is 70.6 Å². The van der Waals surface area contributed by atoms with E-state index < -0.39 is 64.9 Å². The first-order valence-corrected chi connectivity index (χ1v) is 28.9. The Bertz CT molecular complexity index is 2290. The van der Waals surface area contributed by atoms with E-state index in [2.05, 4.69) is 16.0 Å². The summed E-state index contributed by atoms with van der Waals surface area (Å²) in [5.41, 5.74) is 0.430. The lowest BCUT2D eigenvalue weighted by molar-refractivity contribution is -0.166. The molecule has 80 heavy (non-hydrogen) atoms. The van der Waals surface area contributed by atoms with Gasteiger partial charge in [0, 0.05) is 77.1 Å². The highest BCUT2D eigenvalue weighted by Crippen LogP contribution is 2.49. The molecule has 9 atom stereocenters. The van der Waals surface area contributed by atoms with Crippen LogP contribution in [0.1, 0.15) is 91.7 Å². The number of hydrogen-bond donors (Lipinski definition) is 4. The topological polar surface area (TPSA) is 269 Å². The van der Waals surface area contributed by atoms with Gasteiger partial charge in [0.25, 0.3) is 0 Å². The quantitative estimate of drug-likeness (QED) is 0.0406. The minimum absolute atomic E-state index is 0.0152. The van der Waals surface area contributed by atoms with Gasteiger partial charge in [0.15, 0.2) is 6.10 Å². The van der Waals surface area contributed by atoms with Crippen LogP contribution in [0.4, 0.5) is 10.5 Å². The summed E-state index contributed by atoms with van der Waals surface area (Å²) in [6.45, 7) is 19.9. The Labute approximate surface area is 480 Å². The number of carbonyl (C=O) groups is 7. The van der Waals surface area contributed by atoms with Crippen LogP contribution in [0.3, 0.4) is 0 Å². The van der Waals surface area contributed by atoms with Crippen LogP contribution in [0.5, 0.6) is 0 Å². The van der Waals surface area contributed by atoms with Crippen molar-refractivity contribution in [2.75, 3.05) is 111 Å². The van der Waals surface area contributed by atoms with Gasteiger partial charge in [0.2, 0.25) is 29.5 Å². The summed E-state index contributed by atoms with van der Waals surface area (Å²) in [6.07, 6.45) is 2.16. The number of aliphatic hydroxyl groups is 1. The first kappa shape index (κ1) is 67.8. The normalized spacial score (nSPS) is 26.4. The standard InChI is InChI=1S/C44H61ClN4O12S.C12H25NO5/c1-9-46-35(50)13-14-49-37(52)22-33(40(49)53)62-18-17-57-15-16-58-29(6)41(54)60-34-23-36(51)48(8)31-21-30(20-26(3)38(31)45)19-25(2)11-10-12-27(4)44(56)24-32(59-42(55)47-44)28(5)39-43(34,7)61-39;1-3-15-6-7-17-10-11-18-9-8-16-5-4-12(14)13-2/h10-12,20-21,27-29,32-34,39,56H,9,13-19,22-24H2,1-8H3,(H,46,50)(H,47,55);3-11H2,1-2H3,(H,13,14)/b12-10+,25-11+;/t27-,28-,29+,32?,33?,34+,39+,43+,44+;/m1./s1. The third kappa shape index (κ3) is 21.2. The minimum atomic E-state index is -1.62. The van der Waals surface area contributed by atoms with Crippen molar-refractivity contribution in [1.29, 1.82) is 0 Å². The Morgan fingerprint density at radius 1 is 0.900 bits per heavy atom. The molecule has 1 aromatic carbocycles. The molecule has 5 rings (SSSR count). The van der Waals surface area contributed by atoms with Crippen molar-refractivity contribution in [2.45, 2.75) is 135 Å². The van der Waals surface area contributed by atoms with Gasteiger partial charge < -0.3 is 63.3 Å². The van der Waals surface area contributed by atoms with Crippen LogP contribution in [0.25, 0.3) is 0 Å². The smallest absolute Gasteiger partial charge is 0.409 e. The van der Waals surface area contributed by atoms with Crippen LogP contribution >= 0.6 is 23.4 Å². The summed E-state index contributed by atoms with van der Waals surface area (Å²) in [6, 6.07) is 3.83. The lowest BCUT2D eigenvalue weighted by atomic mass is 9.82. The molecule has 4 N–H and O–H groups in total. The number of ether oxygens (including phenoxy) is 9. The molecule has 450 valence electrons. The number of benzene rings is 1. The van der Waals surface area contributed by atoms with Crippen molar-refractivity contribution in [1.82, 2.24) is 20.9 Å². The Morgan fingerprint density at radius 2 is 1.55 bits per heavy atom. The lowest BCUT2D eigenvalue weighted by Crippen LogP contribution is -2.60. The highest BCUT2D eigenvalue weighted by atomic mass is 35.5. The Morgan fingerprint density at radius 3 is 2.21 bits per heavy atom. The third-order valence-electron chi connectivity index (χ3n) is 14.0. The van der Waals surface area contributed by atoms with E-state index >= 15 is 0 Å². The Kier molecular flexibility index (Phi) is 28.9. The summed E-state index contributed by atoms with van der Waals surface area (Å²) in [5.74, 6) is -2.49. The van der Waals surface area contributed by atoms with Crippen LogP contribution in [0.15, 0.2) is 35.9 Å². The molecule has 4 aliphatic rings. The molecular weight excluding hydrogens is 1080 g/mol. The molecule has 0 aliphatic carbocycles. The number of thioether (sulfide) groups is 1. The number of hydrogen-bond acceptors (Lipinski definition) is 18. The fourth-order valence-electron chi connectivity index (χ4n) is 9.10. The van der Waals surface area contributed by atoms with Gasteiger partial charge in [-0.15, -0.1) is 11.8 Å². The molecule has 1 aromatic rings. The number of allylic oxidation sites excluding steroid dienone is 3. The van der Waals surface area contributed by atoms with Gasteiger partial charge in [-0.05, 0) is 65.2 Å². The van der Waals surface area contributed by atoms with Crippen molar-refractivity contribution in [3.05, 3.63) is 52.1 Å². The third-order valence-corrected chi connectivity index (χ3v) is 15.7. The number of epoxide rings is 1. The number of nitrogens with one attached hydrogen (secondary N) is 3. The number of esters is 1. The van der Waals surface area contributed by atoms with Gasteiger partial charge in [-0.25, -0.2) is 9.59 Å². The number of anilines is 1. The number of carbonyl (C=O) groups excluding carboxylic acids is 7. The fourth-order valence-corrected chi connectivity index (χ4v) is 10.4. The largest absolute Gasteiger partial charge is 0.457 e. The van der Waals surface area contributed by atoms with Crippen molar-refractivity contribution in [3.8, 4) is 0 Å². The van der Waals surface area contributed by atoms with Gasteiger partial charge in [0.05, 0.1) is 94.6 Å². The fraction of sp³-hybridized carbons (Fsp3) is 0.696. The predicted octanol–water partition coefficient (Wildman–Crippen LogP) is 4.61. The molecule has 4 heterocycles. The van der Waals surface area contributed by atoms with E-state index in [0.717, 1.165) is 21.6 Å². The number of halogens is 1. The first-order chi connectivity index (χ1) is 38.1. The van der Waals surface area contributed by atoms with E-state index in [0.29, 0.717) is 88.7 Å². The molecule has 3 saturated heterocycles. The molecule has 2 unspecified atom stereocenters. The molecule has 6 amide bonds. The molecule has 0 radical (unpaired) electrons. The highest BCUT2D eigenvalue weighted by molar-refractivity contribution is 8.00. The zero-order valence-electron chi connectivity index (χ0n) is 48.2.